The molecule has 3 atom stereocenters. The van der Waals surface area contributed by atoms with Crippen molar-refractivity contribution in [1.82, 2.24) is 14.9 Å². The highest BCUT2D eigenvalue weighted by atomic mass is 19.1. The molecular weight excluding hydrogens is 397 g/mol. The molecule has 3 heterocycles. The summed E-state index contributed by atoms with van der Waals surface area (Å²) in [7, 11) is 0. The third-order valence-corrected chi connectivity index (χ3v) is 6.32. The Hall–Kier alpha value is -3.06. The fourth-order valence-corrected chi connectivity index (χ4v) is 4.45. The number of carboxylic acids is 1. The first-order valence-electron chi connectivity index (χ1n) is 10.6. The number of halogens is 1. The largest absolute Gasteiger partial charge is 0.481 e. The summed E-state index contributed by atoms with van der Waals surface area (Å²) in [4.78, 5) is 28.8. The predicted molar refractivity (Wildman–Crippen MR) is 116 cm³/mol. The number of aliphatic carboxylic acids is 1. The fraction of sp³-hybridized carbons (Fsp3) is 0.375. The first-order chi connectivity index (χ1) is 14.9. The normalized spacial score (nSPS) is 17.8. The molecule has 0 bridgehead atoms. The second-order valence-electron chi connectivity index (χ2n) is 8.26. The van der Waals surface area contributed by atoms with Gasteiger partial charge < -0.3 is 15.0 Å². The van der Waals surface area contributed by atoms with E-state index in [2.05, 4.69) is 14.9 Å². The Bertz CT molecular complexity index is 1120. The number of benzene rings is 1. The Balaban J connectivity index is 1.49. The van der Waals surface area contributed by atoms with Gasteiger partial charge in [-0.3, -0.25) is 9.59 Å². The number of pyridine rings is 1. The molecule has 3 aromatic rings. The number of carboxylic acid groups (broad SMARTS) is 1. The van der Waals surface area contributed by atoms with Crippen molar-refractivity contribution >= 4 is 22.8 Å². The van der Waals surface area contributed by atoms with Crippen LogP contribution in [0.4, 0.5) is 4.39 Å². The van der Waals surface area contributed by atoms with Gasteiger partial charge in [0, 0.05) is 35.8 Å². The van der Waals surface area contributed by atoms with Crippen molar-refractivity contribution < 1.29 is 19.1 Å². The van der Waals surface area contributed by atoms with Crippen LogP contribution < -0.4 is 5.32 Å². The molecule has 162 valence electrons. The van der Waals surface area contributed by atoms with Gasteiger partial charge in [-0.2, -0.15) is 0 Å². The van der Waals surface area contributed by atoms with E-state index in [4.69, 9.17) is 0 Å². The van der Waals surface area contributed by atoms with Gasteiger partial charge in [0.25, 0.3) is 0 Å². The smallest absolute Gasteiger partial charge is 0.310 e. The molecule has 0 aliphatic carbocycles. The lowest BCUT2D eigenvalue weighted by molar-refractivity contribution is -0.138. The topological polar surface area (TPSA) is 84.2 Å². The Morgan fingerprint density at radius 3 is 2.68 bits per heavy atom. The van der Waals surface area contributed by atoms with Crippen LogP contribution in [0.25, 0.3) is 11.0 Å². The summed E-state index contributed by atoms with van der Waals surface area (Å²) in [6, 6.07) is 9.88. The number of nitrogens with one attached hydrogen (secondary N) is 1. The van der Waals surface area contributed by atoms with E-state index in [1.807, 2.05) is 19.1 Å². The molecule has 1 aromatic carbocycles. The van der Waals surface area contributed by atoms with Crippen LogP contribution in [0.2, 0.25) is 0 Å². The first kappa shape index (κ1) is 21.2. The average Bonchev–Trinajstić information content (AvgIpc) is 3.10. The van der Waals surface area contributed by atoms with Crippen LogP contribution in [0.5, 0.6) is 0 Å². The molecule has 0 radical (unpaired) electrons. The molecule has 0 saturated carbocycles. The highest BCUT2D eigenvalue weighted by molar-refractivity contribution is 5.89. The maximum Gasteiger partial charge on any atom is 0.310 e. The van der Waals surface area contributed by atoms with Crippen LogP contribution in [0.3, 0.4) is 0 Å². The van der Waals surface area contributed by atoms with E-state index in [1.165, 1.54) is 12.1 Å². The lowest BCUT2D eigenvalue weighted by Gasteiger charge is -2.27. The van der Waals surface area contributed by atoms with Gasteiger partial charge in [-0.1, -0.05) is 19.1 Å². The highest BCUT2D eigenvalue weighted by Gasteiger charge is 2.30. The number of carbonyl (C=O) groups excluding carboxylic acids is 1. The summed E-state index contributed by atoms with van der Waals surface area (Å²) >= 11 is 0. The number of ketones is 1. The number of Topliss-reactive ketones (excluding diaryl/α,β-unsaturated/α-hetero) is 1. The number of carbonyl (C=O) groups is 2. The minimum atomic E-state index is -0.847. The number of aromatic nitrogens is 2. The van der Waals surface area contributed by atoms with Gasteiger partial charge in [-0.25, -0.2) is 9.37 Å². The number of rotatable bonds is 7. The zero-order valence-corrected chi connectivity index (χ0v) is 17.6. The zero-order chi connectivity index (χ0) is 22.1. The van der Waals surface area contributed by atoms with Crippen molar-refractivity contribution in [3.05, 3.63) is 65.2 Å². The highest BCUT2D eigenvalue weighted by Crippen LogP contribution is 2.34. The SMILES string of the molecule is CC(C(=O)O)c1c2n(c3ncccc13)C[C@H](NCC(=O)[C@H](C)c1ccc(F)cc1)CC2. The lowest BCUT2D eigenvalue weighted by atomic mass is 9.93. The molecule has 31 heavy (non-hydrogen) atoms. The molecule has 2 N–H and O–H groups in total. The number of nitrogens with zero attached hydrogens (tertiary/aromatic N) is 2. The molecule has 0 amide bonds. The van der Waals surface area contributed by atoms with E-state index in [9.17, 15) is 19.1 Å². The van der Waals surface area contributed by atoms with Crippen LogP contribution in [-0.4, -0.2) is 39.0 Å². The number of hydrogen-bond donors (Lipinski definition) is 2. The Morgan fingerprint density at radius 1 is 1.23 bits per heavy atom. The van der Waals surface area contributed by atoms with E-state index in [0.29, 0.717) is 6.54 Å². The molecule has 7 heteroatoms. The second kappa shape index (κ2) is 8.59. The molecule has 0 saturated heterocycles. The molecule has 0 fully saturated rings. The van der Waals surface area contributed by atoms with Gasteiger partial charge in [0.05, 0.1) is 12.5 Å². The summed E-state index contributed by atoms with van der Waals surface area (Å²) < 4.78 is 15.2. The molecule has 2 aromatic heterocycles. The summed E-state index contributed by atoms with van der Waals surface area (Å²) in [5, 5.41) is 13.8. The summed E-state index contributed by atoms with van der Waals surface area (Å²) in [5.74, 6) is -2.04. The zero-order valence-electron chi connectivity index (χ0n) is 17.6. The van der Waals surface area contributed by atoms with Crippen LogP contribution in [-0.2, 0) is 22.6 Å². The molecule has 4 rings (SSSR count). The molecule has 6 nitrogen and oxygen atoms in total. The fourth-order valence-electron chi connectivity index (χ4n) is 4.45. The van der Waals surface area contributed by atoms with Gasteiger partial charge in [0.15, 0.2) is 5.78 Å². The summed E-state index contributed by atoms with van der Waals surface area (Å²) in [6.07, 6.45) is 3.26. The van der Waals surface area contributed by atoms with Crippen molar-refractivity contribution in [1.29, 1.82) is 0 Å². The second-order valence-corrected chi connectivity index (χ2v) is 8.26. The average molecular weight is 423 g/mol. The van der Waals surface area contributed by atoms with Gasteiger partial charge in [0.1, 0.15) is 11.5 Å². The molecule has 1 aliphatic heterocycles. The van der Waals surface area contributed by atoms with Gasteiger partial charge >= 0.3 is 5.97 Å². The maximum absolute atomic E-state index is 13.1. The summed E-state index contributed by atoms with van der Waals surface area (Å²) in [6.45, 7) is 4.40. The Labute approximate surface area is 180 Å². The third-order valence-electron chi connectivity index (χ3n) is 6.32. The number of hydrogen-bond acceptors (Lipinski definition) is 4. The molecular formula is C24H26FN3O3. The van der Waals surface area contributed by atoms with Crippen LogP contribution in [0.1, 0.15) is 48.9 Å². The van der Waals surface area contributed by atoms with Gasteiger partial charge in [0.2, 0.25) is 0 Å². The Morgan fingerprint density at radius 2 is 1.97 bits per heavy atom. The predicted octanol–water partition coefficient (Wildman–Crippen LogP) is 3.64. The van der Waals surface area contributed by atoms with Gasteiger partial charge in [-0.05, 0) is 55.2 Å². The van der Waals surface area contributed by atoms with E-state index in [0.717, 1.165) is 40.7 Å². The molecule has 1 unspecified atom stereocenters. The van der Waals surface area contributed by atoms with Crippen molar-refractivity contribution in [2.24, 2.45) is 0 Å². The minimum absolute atomic E-state index is 0.0492. The quantitative estimate of drug-likeness (QED) is 0.606. The van der Waals surface area contributed by atoms with Gasteiger partial charge in [-0.15, -0.1) is 0 Å². The van der Waals surface area contributed by atoms with Crippen LogP contribution in [0.15, 0.2) is 42.6 Å². The maximum atomic E-state index is 13.1. The molecule has 1 aliphatic rings. The van der Waals surface area contributed by atoms with Crippen LogP contribution >= 0.6 is 0 Å². The monoisotopic (exact) mass is 423 g/mol. The first-order valence-corrected chi connectivity index (χ1v) is 10.6. The van der Waals surface area contributed by atoms with E-state index >= 15 is 0 Å². The Kier molecular flexibility index (Phi) is 5.87. The van der Waals surface area contributed by atoms with E-state index in [-0.39, 0.29) is 30.1 Å². The molecule has 0 spiro atoms. The standard InChI is InChI=1S/C24H26FN3O3/c1-14(16-5-7-17(25)8-6-16)21(29)12-27-18-9-10-20-22(15(2)24(30)31)19-4-3-11-26-23(19)28(20)13-18/h3-8,11,14-15,18,27H,9-10,12-13H2,1-2H3,(H,30,31)/t14-,15?,18-/m1/s1. The minimum Gasteiger partial charge on any atom is -0.481 e. The number of fused-ring (bicyclic) bond motifs is 3. The van der Waals surface area contributed by atoms with Crippen molar-refractivity contribution in [2.45, 2.75) is 51.1 Å². The van der Waals surface area contributed by atoms with E-state index in [1.54, 1.807) is 25.3 Å². The van der Waals surface area contributed by atoms with Crippen molar-refractivity contribution in [2.75, 3.05) is 6.54 Å². The van der Waals surface area contributed by atoms with E-state index < -0.39 is 11.9 Å². The summed E-state index contributed by atoms with van der Waals surface area (Å²) in [5.41, 5.74) is 3.45. The van der Waals surface area contributed by atoms with Crippen molar-refractivity contribution in [3.63, 3.8) is 0 Å². The van der Waals surface area contributed by atoms with Crippen LogP contribution in [0, 0.1) is 5.82 Å². The third kappa shape index (κ3) is 4.10. The lowest BCUT2D eigenvalue weighted by Crippen LogP contribution is -2.41. The van der Waals surface area contributed by atoms with Crippen molar-refractivity contribution in [3.8, 4) is 0 Å².